The summed E-state index contributed by atoms with van der Waals surface area (Å²) < 4.78 is 11.4. The molecule has 1 atom stereocenters. The molecule has 0 bridgehead atoms. The fourth-order valence-electron chi connectivity index (χ4n) is 5.49. The topological polar surface area (TPSA) is 111 Å². The SMILES string of the molecule is CC(C)(C)OC(=O)N1CCC[C@H]1c1cc(-c2cnc(N)c(-c3ccc(=O)[nH]c3)c2)ccc1C1CCOCC1. The number of nitrogens with zero attached hydrogens (tertiary/aromatic N) is 2. The smallest absolute Gasteiger partial charge is 0.410 e. The number of benzene rings is 1. The maximum Gasteiger partial charge on any atom is 0.410 e. The maximum atomic E-state index is 13.2. The number of carbonyl (C=O) groups is 1. The number of H-pyrrole nitrogens is 1. The first kappa shape index (κ1) is 26.0. The number of hydrogen-bond donors (Lipinski definition) is 2. The second-order valence-corrected chi connectivity index (χ2v) is 11.2. The maximum absolute atomic E-state index is 13.2. The van der Waals surface area contributed by atoms with E-state index in [0.717, 1.165) is 61.2 Å². The van der Waals surface area contributed by atoms with E-state index in [1.54, 1.807) is 18.5 Å². The van der Waals surface area contributed by atoms with Crippen molar-refractivity contribution in [3.8, 4) is 22.3 Å². The van der Waals surface area contributed by atoms with Crippen LogP contribution in [0.5, 0.6) is 0 Å². The van der Waals surface area contributed by atoms with E-state index in [2.05, 4.69) is 28.2 Å². The largest absolute Gasteiger partial charge is 0.444 e. The normalized spacial score (nSPS) is 18.5. The van der Waals surface area contributed by atoms with Crippen LogP contribution in [0.3, 0.4) is 0 Å². The number of pyridine rings is 2. The van der Waals surface area contributed by atoms with Crippen molar-refractivity contribution in [1.82, 2.24) is 14.9 Å². The molecule has 3 N–H and O–H groups in total. The lowest BCUT2D eigenvalue weighted by Gasteiger charge is -2.32. The number of aromatic amines is 1. The molecular formula is C30H36N4O4. The number of aromatic nitrogens is 2. The average Bonchev–Trinajstić information content (AvgIpc) is 3.39. The Kier molecular flexibility index (Phi) is 7.25. The van der Waals surface area contributed by atoms with Gasteiger partial charge in [0.05, 0.1) is 6.04 Å². The zero-order valence-electron chi connectivity index (χ0n) is 22.3. The standard InChI is InChI=1S/C30H36N4O4/c1-30(2,3)38-29(36)34-12-4-5-26(34)25-15-20(6-8-23(25)19-10-13-37-14-11-19)22-16-24(28(31)33-18-22)21-7-9-27(35)32-17-21/h6-9,15-19,26H,4-5,10-14H2,1-3H3,(H2,31,33)(H,32,35)/t26-/m0/s1. The number of nitrogens with one attached hydrogen (secondary N) is 1. The summed E-state index contributed by atoms with van der Waals surface area (Å²) in [5, 5.41) is 0. The number of anilines is 1. The van der Waals surface area contributed by atoms with Crippen molar-refractivity contribution in [2.75, 3.05) is 25.5 Å². The summed E-state index contributed by atoms with van der Waals surface area (Å²) >= 11 is 0. The van der Waals surface area contributed by atoms with Gasteiger partial charge in [-0.05, 0) is 87.3 Å². The van der Waals surface area contributed by atoms with Gasteiger partial charge in [0.1, 0.15) is 11.4 Å². The summed E-state index contributed by atoms with van der Waals surface area (Å²) in [6, 6.07) is 11.7. The Labute approximate surface area is 223 Å². The van der Waals surface area contributed by atoms with Crippen LogP contribution in [0.15, 0.2) is 53.6 Å². The number of ether oxygens (including phenoxy) is 2. The molecule has 200 valence electrons. The molecule has 8 nitrogen and oxygen atoms in total. The summed E-state index contributed by atoms with van der Waals surface area (Å²) in [5.74, 6) is 0.780. The first-order valence-corrected chi connectivity index (χ1v) is 13.4. The second kappa shape index (κ2) is 10.6. The molecule has 2 saturated heterocycles. The zero-order chi connectivity index (χ0) is 26.9. The minimum absolute atomic E-state index is 0.0527. The fourth-order valence-corrected chi connectivity index (χ4v) is 5.49. The van der Waals surface area contributed by atoms with Crippen molar-refractivity contribution in [3.05, 3.63) is 70.3 Å². The molecule has 2 aliphatic heterocycles. The second-order valence-electron chi connectivity index (χ2n) is 11.2. The van der Waals surface area contributed by atoms with Crippen LogP contribution in [0.4, 0.5) is 10.6 Å². The highest BCUT2D eigenvalue weighted by molar-refractivity contribution is 5.79. The summed E-state index contributed by atoms with van der Waals surface area (Å²) in [5.41, 5.74) is 11.4. The van der Waals surface area contributed by atoms with Crippen LogP contribution >= 0.6 is 0 Å². The molecule has 0 unspecified atom stereocenters. The third-order valence-corrected chi connectivity index (χ3v) is 7.33. The highest BCUT2D eigenvalue weighted by Gasteiger charge is 2.35. The molecule has 2 aromatic heterocycles. The molecule has 38 heavy (non-hydrogen) atoms. The summed E-state index contributed by atoms with van der Waals surface area (Å²) in [4.78, 5) is 33.8. The first-order valence-electron chi connectivity index (χ1n) is 13.4. The summed E-state index contributed by atoms with van der Waals surface area (Å²) in [6.45, 7) is 7.87. The number of rotatable bonds is 4. The van der Waals surface area contributed by atoms with Gasteiger partial charge in [-0.15, -0.1) is 0 Å². The minimum Gasteiger partial charge on any atom is -0.444 e. The number of nitrogens with two attached hydrogens (primary N) is 1. The number of likely N-dealkylation sites (tertiary alicyclic amines) is 1. The third kappa shape index (κ3) is 5.60. The van der Waals surface area contributed by atoms with Gasteiger partial charge in [-0.2, -0.15) is 0 Å². The first-order chi connectivity index (χ1) is 18.2. The van der Waals surface area contributed by atoms with Gasteiger partial charge in [-0.25, -0.2) is 9.78 Å². The molecule has 5 rings (SSSR count). The Morgan fingerprint density at radius 1 is 1.05 bits per heavy atom. The van der Waals surface area contributed by atoms with Gasteiger partial charge >= 0.3 is 6.09 Å². The van der Waals surface area contributed by atoms with Gasteiger partial charge in [0.25, 0.3) is 0 Å². The Balaban J connectivity index is 1.56. The number of amides is 1. The molecule has 3 aromatic rings. The minimum atomic E-state index is -0.552. The average molecular weight is 517 g/mol. The third-order valence-electron chi connectivity index (χ3n) is 7.33. The summed E-state index contributed by atoms with van der Waals surface area (Å²) in [6.07, 6.45) is 6.91. The van der Waals surface area contributed by atoms with Crippen LogP contribution in [-0.4, -0.2) is 46.3 Å². The van der Waals surface area contributed by atoms with E-state index in [0.29, 0.717) is 18.3 Å². The highest BCUT2D eigenvalue weighted by atomic mass is 16.6. The molecule has 8 heteroatoms. The lowest BCUT2D eigenvalue weighted by atomic mass is 9.83. The van der Waals surface area contributed by atoms with Crippen molar-refractivity contribution >= 4 is 11.9 Å². The lowest BCUT2D eigenvalue weighted by molar-refractivity contribution is 0.0222. The Bertz CT molecular complexity index is 1350. The van der Waals surface area contributed by atoms with Crippen molar-refractivity contribution < 1.29 is 14.3 Å². The van der Waals surface area contributed by atoms with Crippen molar-refractivity contribution in [3.63, 3.8) is 0 Å². The fraction of sp³-hybridized carbons (Fsp3) is 0.433. The van der Waals surface area contributed by atoms with Gasteiger partial charge in [0.2, 0.25) is 5.56 Å². The van der Waals surface area contributed by atoms with Crippen LogP contribution in [0.25, 0.3) is 22.3 Å². The Morgan fingerprint density at radius 3 is 2.53 bits per heavy atom. The lowest BCUT2D eigenvalue weighted by Crippen LogP contribution is -2.36. The van der Waals surface area contributed by atoms with Gasteiger partial charge in [-0.1, -0.05) is 12.1 Å². The van der Waals surface area contributed by atoms with Crippen LogP contribution in [0, 0.1) is 0 Å². The van der Waals surface area contributed by atoms with E-state index in [1.807, 2.05) is 31.7 Å². The van der Waals surface area contributed by atoms with Crippen molar-refractivity contribution in [1.29, 1.82) is 0 Å². The zero-order valence-corrected chi connectivity index (χ0v) is 22.3. The predicted molar refractivity (Wildman–Crippen MR) is 148 cm³/mol. The van der Waals surface area contributed by atoms with Crippen LogP contribution in [0.1, 0.15) is 69.5 Å². The number of nitrogen functional groups attached to an aromatic ring is 1. The van der Waals surface area contributed by atoms with E-state index in [4.69, 9.17) is 15.2 Å². The molecule has 0 aliphatic carbocycles. The highest BCUT2D eigenvalue weighted by Crippen LogP contribution is 2.42. The van der Waals surface area contributed by atoms with E-state index in [9.17, 15) is 9.59 Å². The molecule has 2 fully saturated rings. The monoisotopic (exact) mass is 516 g/mol. The van der Waals surface area contributed by atoms with Gasteiger partial charge < -0.3 is 25.1 Å². The van der Waals surface area contributed by atoms with Crippen molar-refractivity contribution in [2.24, 2.45) is 0 Å². The molecule has 0 radical (unpaired) electrons. The Morgan fingerprint density at radius 2 is 1.82 bits per heavy atom. The molecule has 2 aliphatic rings. The quantitative estimate of drug-likeness (QED) is 0.463. The molecule has 1 amide bonds. The predicted octanol–water partition coefficient (Wildman–Crippen LogP) is 5.65. The molecule has 0 saturated carbocycles. The van der Waals surface area contributed by atoms with E-state index in [1.165, 1.54) is 17.2 Å². The van der Waals surface area contributed by atoms with E-state index >= 15 is 0 Å². The number of hydrogen-bond acceptors (Lipinski definition) is 6. The summed E-state index contributed by atoms with van der Waals surface area (Å²) in [7, 11) is 0. The van der Waals surface area contributed by atoms with Crippen molar-refractivity contribution in [2.45, 2.75) is 64.0 Å². The van der Waals surface area contributed by atoms with Gasteiger partial charge in [-0.3, -0.25) is 4.79 Å². The van der Waals surface area contributed by atoms with Gasteiger partial charge in [0.15, 0.2) is 0 Å². The molecule has 1 aromatic carbocycles. The van der Waals surface area contributed by atoms with E-state index < -0.39 is 5.60 Å². The van der Waals surface area contributed by atoms with Crippen LogP contribution < -0.4 is 11.3 Å². The molecule has 0 spiro atoms. The molecular weight excluding hydrogens is 480 g/mol. The van der Waals surface area contributed by atoms with Crippen LogP contribution in [0.2, 0.25) is 0 Å². The number of carbonyl (C=O) groups excluding carboxylic acids is 1. The Hall–Kier alpha value is -3.65. The van der Waals surface area contributed by atoms with E-state index in [-0.39, 0.29) is 17.7 Å². The molecule has 4 heterocycles. The van der Waals surface area contributed by atoms with Gasteiger partial charge in [0, 0.05) is 54.9 Å². The van der Waals surface area contributed by atoms with Crippen LogP contribution in [-0.2, 0) is 9.47 Å².